The number of carbonyl (C=O) groups is 3. The molecular weight excluding hydrogens is 330 g/mol. The van der Waals surface area contributed by atoms with Gasteiger partial charge in [-0.05, 0) is 23.8 Å². The van der Waals surface area contributed by atoms with Crippen molar-refractivity contribution in [1.29, 1.82) is 0 Å². The van der Waals surface area contributed by atoms with Gasteiger partial charge in [0.1, 0.15) is 12.4 Å². The van der Waals surface area contributed by atoms with Gasteiger partial charge in [-0.3, -0.25) is 9.59 Å². The van der Waals surface area contributed by atoms with Crippen molar-refractivity contribution in [1.82, 2.24) is 5.32 Å². The second kappa shape index (κ2) is 9.51. The van der Waals surface area contributed by atoms with E-state index in [9.17, 15) is 14.4 Å². The van der Waals surface area contributed by atoms with Gasteiger partial charge >= 0.3 is 6.09 Å². The van der Waals surface area contributed by atoms with Gasteiger partial charge in [-0.1, -0.05) is 65.0 Å². The number of Topliss-reactive ketones (excluding diaryl/α,β-unsaturated/α-hetero) is 2. The Morgan fingerprint density at radius 2 is 1.65 bits per heavy atom. The zero-order valence-electron chi connectivity index (χ0n) is 16.7. The number of hydrogen-bond donors (Lipinski definition) is 1. The molecule has 0 saturated heterocycles. The molecule has 5 heteroatoms. The molecule has 0 aliphatic heterocycles. The average molecular weight is 361 g/mol. The molecule has 0 unspecified atom stereocenters. The third-order valence-electron chi connectivity index (χ3n) is 4.44. The van der Waals surface area contributed by atoms with E-state index < -0.39 is 12.1 Å². The van der Waals surface area contributed by atoms with Crippen molar-refractivity contribution in [3.63, 3.8) is 0 Å². The molecule has 26 heavy (non-hydrogen) atoms. The van der Waals surface area contributed by atoms with Crippen LogP contribution >= 0.6 is 0 Å². The van der Waals surface area contributed by atoms with Crippen molar-refractivity contribution in [3.8, 4) is 0 Å². The molecule has 1 N–H and O–H groups in total. The van der Waals surface area contributed by atoms with Gasteiger partial charge in [-0.2, -0.15) is 0 Å². The highest BCUT2D eigenvalue weighted by atomic mass is 16.5. The van der Waals surface area contributed by atoms with Crippen molar-refractivity contribution in [2.24, 2.45) is 17.3 Å². The fourth-order valence-corrected chi connectivity index (χ4v) is 2.90. The number of alkyl carbamates (subject to hydrolysis) is 1. The van der Waals surface area contributed by atoms with Crippen LogP contribution in [0.4, 0.5) is 4.79 Å². The summed E-state index contributed by atoms with van der Waals surface area (Å²) in [7, 11) is 0. The maximum atomic E-state index is 12.7. The van der Waals surface area contributed by atoms with E-state index in [1.807, 2.05) is 65.0 Å². The molecule has 0 saturated carbocycles. The van der Waals surface area contributed by atoms with Crippen LogP contribution in [0.2, 0.25) is 0 Å². The van der Waals surface area contributed by atoms with Crippen LogP contribution in [-0.4, -0.2) is 23.7 Å². The van der Waals surface area contributed by atoms with E-state index in [0.29, 0.717) is 0 Å². The summed E-state index contributed by atoms with van der Waals surface area (Å²) in [6, 6.07) is 8.66. The second-order valence-electron chi connectivity index (χ2n) is 8.13. The lowest BCUT2D eigenvalue weighted by molar-refractivity contribution is -0.131. The van der Waals surface area contributed by atoms with E-state index in [1.54, 1.807) is 0 Å². The first-order valence-corrected chi connectivity index (χ1v) is 9.02. The van der Waals surface area contributed by atoms with Gasteiger partial charge in [0.15, 0.2) is 5.78 Å². The number of amides is 1. The standard InChI is InChI=1S/C21H31NO4/c1-14(2)19(18(24)12-17(15(3)23)21(4,5)6)22-20(25)26-13-16-10-8-7-9-11-16/h7-11,14,17,19H,12-13H2,1-6H3,(H,22,25)/t17-,19-/m0/s1. The first-order valence-electron chi connectivity index (χ1n) is 9.02. The number of ketones is 2. The van der Waals surface area contributed by atoms with Gasteiger partial charge in [0.05, 0.1) is 6.04 Å². The molecule has 0 bridgehead atoms. The van der Waals surface area contributed by atoms with Crippen molar-refractivity contribution < 1.29 is 19.1 Å². The molecular formula is C21H31NO4. The highest BCUT2D eigenvalue weighted by Crippen LogP contribution is 2.30. The third kappa shape index (κ3) is 6.98. The Morgan fingerprint density at radius 3 is 2.12 bits per heavy atom. The molecule has 0 fully saturated rings. The SMILES string of the molecule is CC(=O)[C@H](CC(=O)[C@@H](NC(=O)OCc1ccccc1)C(C)C)C(C)(C)C. The first kappa shape index (κ1) is 21.9. The lowest BCUT2D eigenvalue weighted by atomic mass is 9.74. The van der Waals surface area contributed by atoms with E-state index in [-0.39, 0.29) is 41.8 Å². The fourth-order valence-electron chi connectivity index (χ4n) is 2.90. The number of rotatable bonds is 8. The molecule has 0 radical (unpaired) electrons. The van der Waals surface area contributed by atoms with Gasteiger partial charge < -0.3 is 10.1 Å². The van der Waals surface area contributed by atoms with Gasteiger partial charge in [-0.25, -0.2) is 4.79 Å². The maximum absolute atomic E-state index is 12.7. The van der Waals surface area contributed by atoms with Gasteiger partial charge in [0.25, 0.3) is 0 Å². The van der Waals surface area contributed by atoms with Crippen molar-refractivity contribution in [2.75, 3.05) is 0 Å². The average Bonchev–Trinajstić information content (AvgIpc) is 2.54. The van der Waals surface area contributed by atoms with Crippen LogP contribution in [0, 0.1) is 17.3 Å². The van der Waals surface area contributed by atoms with Gasteiger partial charge in [0.2, 0.25) is 0 Å². The van der Waals surface area contributed by atoms with Crippen LogP contribution in [0.1, 0.15) is 53.5 Å². The zero-order valence-corrected chi connectivity index (χ0v) is 16.7. The Balaban J connectivity index is 2.70. The highest BCUT2D eigenvalue weighted by molar-refractivity contribution is 5.92. The van der Waals surface area contributed by atoms with Crippen LogP contribution in [0.15, 0.2) is 30.3 Å². The van der Waals surface area contributed by atoms with Gasteiger partial charge in [0, 0.05) is 12.3 Å². The molecule has 0 heterocycles. The molecule has 1 rings (SSSR count). The van der Waals surface area contributed by atoms with Crippen LogP contribution in [0.25, 0.3) is 0 Å². The number of hydrogen-bond acceptors (Lipinski definition) is 4. The summed E-state index contributed by atoms with van der Waals surface area (Å²) in [4.78, 5) is 36.8. The largest absolute Gasteiger partial charge is 0.445 e. The minimum Gasteiger partial charge on any atom is -0.445 e. The summed E-state index contributed by atoms with van der Waals surface area (Å²) in [5.74, 6) is -0.635. The summed E-state index contributed by atoms with van der Waals surface area (Å²) in [6.45, 7) is 11.2. The lowest BCUT2D eigenvalue weighted by Gasteiger charge is -2.30. The van der Waals surface area contributed by atoms with Crippen molar-refractivity contribution >= 4 is 17.7 Å². The molecule has 1 amide bonds. The van der Waals surface area contributed by atoms with E-state index in [2.05, 4.69) is 5.32 Å². The lowest BCUT2D eigenvalue weighted by Crippen LogP contribution is -2.46. The minimum absolute atomic E-state index is 0.0139. The van der Waals surface area contributed by atoms with Crippen LogP contribution in [0.5, 0.6) is 0 Å². The number of ether oxygens (including phenoxy) is 1. The predicted molar refractivity (Wildman–Crippen MR) is 102 cm³/mol. The predicted octanol–water partition coefficient (Wildman–Crippen LogP) is 4.15. The fraction of sp³-hybridized carbons (Fsp3) is 0.571. The first-order chi connectivity index (χ1) is 12.0. The van der Waals surface area contributed by atoms with Crippen LogP contribution < -0.4 is 5.32 Å². The summed E-state index contributed by atoms with van der Waals surface area (Å²) >= 11 is 0. The summed E-state index contributed by atoms with van der Waals surface area (Å²) < 4.78 is 5.21. The minimum atomic E-state index is -0.678. The van der Waals surface area contributed by atoms with E-state index in [0.717, 1.165) is 5.56 Å². The van der Waals surface area contributed by atoms with E-state index in [4.69, 9.17) is 4.74 Å². The topological polar surface area (TPSA) is 72.5 Å². The molecule has 0 aromatic heterocycles. The quantitative estimate of drug-likeness (QED) is 0.755. The summed E-state index contributed by atoms with van der Waals surface area (Å²) in [5, 5.41) is 2.66. The molecule has 1 aromatic carbocycles. The van der Waals surface area contributed by atoms with Crippen LogP contribution in [-0.2, 0) is 20.9 Å². The van der Waals surface area contributed by atoms with E-state index in [1.165, 1.54) is 6.92 Å². The Labute approximate surface area is 156 Å². The summed E-state index contributed by atoms with van der Waals surface area (Å²) in [6.07, 6.45) is -0.517. The smallest absolute Gasteiger partial charge is 0.408 e. The highest BCUT2D eigenvalue weighted by Gasteiger charge is 2.34. The molecule has 1 aromatic rings. The number of benzene rings is 1. The monoisotopic (exact) mass is 361 g/mol. The van der Waals surface area contributed by atoms with Crippen molar-refractivity contribution in [2.45, 2.75) is 60.6 Å². The molecule has 0 aliphatic rings. The molecule has 2 atom stereocenters. The van der Waals surface area contributed by atoms with Gasteiger partial charge in [-0.15, -0.1) is 0 Å². The van der Waals surface area contributed by atoms with Crippen molar-refractivity contribution in [3.05, 3.63) is 35.9 Å². The Bertz CT molecular complexity index is 617. The zero-order chi connectivity index (χ0) is 19.9. The number of nitrogens with one attached hydrogen (secondary N) is 1. The Hall–Kier alpha value is -2.17. The number of carbonyl (C=O) groups excluding carboxylic acids is 3. The maximum Gasteiger partial charge on any atom is 0.408 e. The third-order valence-corrected chi connectivity index (χ3v) is 4.44. The normalized spacial score (nSPS) is 13.8. The van der Waals surface area contributed by atoms with Crippen LogP contribution in [0.3, 0.4) is 0 Å². The molecule has 0 aliphatic carbocycles. The molecule has 144 valence electrons. The summed E-state index contributed by atoms with van der Waals surface area (Å²) in [5.41, 5.74) is 0.566. The Kier molecular flexibility index (Phi) is 8.00. The molecule has 5 nitrogen and oxygen atoms in total. The Morgan fingerprint density at radius 1 is 1.08 bits per heavy atom. The van der Waals surface area contributed by atoms with E-state index >= 15 is 0 Å². The molecule has 0 spiro atoms. The second-order valence-corrected chi connectivity index (χ2v) is 8.13.